The number of hydrogen-bond acceptors (Lipinski definition) is 4. The van der Waals surface area contributed by atoms with E-state index in [0.717, 1.165) is 0 Å². The SMILES string of the molecule is COc1cc(Cn2cc(C#N)cn2)cc(F)c1C#N. The number of ether oxygens (including phenoxy) is 1. The first-order chi connectivity index (χ1) is 9.17. The van der Waals surface area contributed by atoms with E-state index in [1.54, 1.807) is 18.3 Å². The van der Waals surface area contributed by atoms with Gasteiger partial charge in [0.2, 0.25) is 0 Å². The first-order valence-electron chi connectivity index (χ1n) is 5.37. The van der Waals surface area contributed by atoms with Crippen LogP contribution in [0.15, 0.2) is 24.5 Å². The van der Waals surface area contributed by atoms with Crippen molar-refractivity contribution in [2.24, 2.45) is 0 Å². The zero-order valence-corrected chi connectivity index (χ0v) is 10.1. The second kappa shape index (κ2) is 5.19. The molecular weight excluding hydrogens is 247 g/mol. The van der Waals surface area contributed by atoms with Crippen LogP contribution in [0.5, 0.6) is 5.75 Å². The van der Waals surface area contributed by atoms with Crippen molar-refractivity contribution in [1.29, 1.82) is 10.5 Å². The summed E-state index contributed by atoms with van der Waals surface area (Å²) in [7, 11) is 1.38. The normalized spacial score (nSPS) is 9.68. The molecule has 6 heteroatoms. The Kier molecular flexibility index (Phi) is 3.44. The summed E-state index contributed by atoms with van der Waals surface area (Å²) in [6.07, 6.45) is 2.99. The smallest absolute Gasteiger partial charge is 0.145 e. The summed E-state index contributed by atoms with van der Waals surface area (Å²) in [5.41, 5.74) is 0.909. The number of hydrogen-bond donors (Lipinski definition) is 0. The fourth-order valence-corrected chi connectivity index (χ4v) is 1.69. The Morgan fingerprint density at radius 3 is 2.74 bits per heavy atom. The monoisotopic (exact) mass is 256 g/mol. The summed E-state index contributed by atoms with van der Waals surface area (Å²) in [5, 5.41) is 21.5. The van der Waals surface area contributed by atoms with Crippen molar-refractivity contribution in [3.63, 3.8) is 0 Å². The predicted octanol–water partition coefficient (Wildman–Crippen LogP) is 1.82. The molecule has 2 aromatic rings. The zero-order chi connectivity index (χ0) is 13.8. The van der Waals surface area contributed by atoms with Gasteiger partial charge in [-0.3, -0.25) is 4.68 Å². The van der Waals surface area contributed by atoms with Crippen molar-refractivity contribution in [2.45, 2.75) is 6.54 Å². The van der Waals surface area contributed by atoms with E-state index in [0.29, 0.717) is 17.7 Å². The van der Waals surface area contributed by atoms with Crippen LogP contribution in [0.4, 0.5) is 4.39 Å². The van der Waals surface area contributed by atoms with Crippen LogP contribution in [0.3, 0.4) is 0 Å². The Balaban J connectivity index is 2.34. The summed E-state index contributed by atoms with van der Waals surface area (Å²) in [4.78, 5) is 0. The fourth-order valence-electron chi connectivity index (χ4n) is 1.69. The van der Waals surface area contributed by atoms with E-state index < -0.39 is 5.82 Å². The van der Waals surface area contributed by atoms with Crippen LogP contribution in [0.25, 0.3) is 0 Å². The van der Waals surface area contributed by atoms with Crippen LogP contribution in [-0.2, 0) is 6.54 Å². The van der Waals surface area contributed by atoms with Gasteiger partial charge in [-0.1, -0.05) is 0 Å². The number of aromatic nitrogens is 2. The summed E-state index contributed by atoms with van der Waals surface area (Å²) in [6, 6.07) is 6.55. The minimum atomic E-state index is -0.635. The fraction of sp³-hybridized carbons (Fsp3) is 0.154. The summed E-state index contributed by atoms with van der Waals surface area (Å²) < 4.78 is 20.2. The van der Waals surface area contributed by atoms with E-state index in [2.05, 4.69) is 5.10 Å². The molecule has 0 amide bonds. The minimum absolute atomic E-state index is 0.121. The first-order valence-corrected chi connectivity index (χ1v) is 5.37. The number of halogens is 1. The Morgan fingerprint density at radius 1 is 1.37 bits per heavy atom. The van der Waals surface area contributed by atoms with Gasteiger partial charge >= 0.3 is 0 Å². The average molecular weight is 256 g/mol. The molecule has 0 aliphatic heterocycles. The molecule has 1 aromatic heterocycles. The highest BCUT2D eigenvalue weighted by atomic mass is 19.1. The molecule has 19 heavy (non-hydrogen) atoms. The molecule has 94 valence electrons. The standard InChI is InChI=1S/C13H9FN4O/c1-19-13-3-9(2-12(14)11(13)5-16)7-18-8-10(4-15)6-17-18/h2-3,6,8H,7H2,1H3. The first kappa shape index (κ1) is 12.6. The molecule has 0 saturated heterocycles. The Bertz CT molecular complexity index is 694. The molecule has 1 heterocycles. The quantitative estimate of drug-likeness (QED) is 0.839. The highest BCUT2D eigenvalue weighted by molar-refractivity contribution is 5.46. The lowest BCUT2D eigenvalue weighted by molar-refractivity contribution is 0.408. The number of benzene rings is 1. The maximum Gasteiger partial charge on any atom is 0.145 e. The van der Waals surface area contributed by atoms with Gasteiger partial charge in [-0.2, -0.15) is 15.6 Å². The minimum Gasteiger partial charge on any atom is -0.495 e. The van der Waals surface area contributed by atoms with Crippen molar-refractivity contribution in [3.05, 3.63) is 47.0 Å². The number of methoxy groups -OCH3 is 1. The Morgan fingerprint density at radius 2 is 2.16 bits per heavy atom. The van der Waals surface area contributed by atoms with E-state index >= 15 is 0 Å². The van der Waals surface area contributed by atoms with Crippen LogP contribution in [0.1, 0.15) is 16.7 Å². The molecule has 0 aliphatic carbocycles. The molecule has 0 aliphatic rings. The third-order valence-corrected chi connectivity index (χ3v) is 2.55. The molecule has 0 spiro atoms. The molecule has 0 N–H and O–H groups in total. The van der Waals surface area contributed by atoms with Gasteiger partial charge in [0.25, 0.3) is 0 Å². The van der Waals surface area contributed by atoms with Gasteiger partial charge < -0.3 is 4.74 Å². The molecule has 0 radical (unpaired) electrons. The van der Waals surface area contributed by atoms with Gasteiger partial charge in [-0.25, -0.2) is 4.39 Å². The van der Waals surface area contributed by atoms with Crippen molar-refractivity contribution in [3.8, 4) is 17.9 Å². The summed E-state index contributed by atoms with van der Waals surface area (Å²) >= 11 is 0. The highest BCUT2D eigenvalue weighted by Crippen LogP contribution is 2.23. The van der Waals surface area contributed by atoms with Gasteiger partial charge in [0.1, 0.15) is 29.3 Å². The van der Waals surface area contributed by atoms with Gasteiger partial charge in [0.05, 0.1) is 25.4 Å². The zero-order valence-electron chi connectivity index (χ0n) is 10.1. The van der Waals surface area contributed by atoms with E-state index in [1.165, 1.54) is 24.1 Å². The van der Waals surface area contributed by atoms with E-state index in [4.69, 9.17) is 15.3 Å². The van der Waals surface area contributed by atoms with Crippen LogP contribution < -0.4 is 4.74 Å². The molecule has 0 atom stereocenters. The molecule has 0 saturated carbocycles. The second-order valence-corrected chi connectivity index (χ2v) is 3.81. The molecule has 5 nitrogen and oxygen atoms in total. The lowest BCUT2D eigenvalue weighted by atomic mass is 10.1. The maximum absolute atomic E-state index is 13.7. The Hall–Kier alpha value is -2.86. The maximum atomic E-state index is 13.7. The molecule has 0 unspecified atom stereocenters. The van der Waals surface area contributed by atoms with Gasteiger partial charge in [0, 0.05) is 6.20 Å². The summed E-state index contributed by atoms with van der Waals surface area (Å²) in [6.45, 7) is 0.292. The number of nitrogens with zero attached hydrogens (tertiary/aromatic N) is 4. The largest absolute Gasteiger partial charge is 0.495 e. The van der Waals surface area contributed by atoms with E-state index in [9.17, 15) is 4.39 Å². The topological polar surface area (TPSA) is 74.6 Å². The van der Waals surface area contributed by atoms with Crippen molar-refractivity contribution < 1.29 is 9.13 Å². The molecule has 2 rings (SSSR count). The van der Waals surface area contributed by atoms with Crippen LogP contribution in [-0.4, -0.2) is 16.9 Å². The van der Waals surface area contributed by atoms with Gasteiger partial charge in [0.15, 0.2) is 0 Å². The van der Waals surface area contributed by atoms with Crippen LogP contribution >= 0.6 is 0 Å². The lowest BCUT2D eigenvalue weighted by Crippen LogP contribution is -2.02. The second-order valence-electron chi connectivity index (χ2n) is 3.81. The van der Waals surface area contributed by atoms with Gasteiger partial charge in [-0.05, 0) is 17.7 Å². The number of rotatable bonds is 3. The van der Waals surface area contributed by atoms with E-state index in [-0.39, 0.29) is 11.3 Å². The Labute approximate surface area is 109 Å². The highest BCUT2D eigenvalue weighted by Gasteiger charge is 2.11. The average Bonchev–Trinajstić information content (AvgIpc) is 2.85. The van der Waals surface area contributed by atoms with Crippen LogP contribution in [0.2, 0.25) is 0 Å². The van der Waals surface area contributed by atoms with Crippen molar-refractivity contribution >= 4 is 0 Å². The van der Waals surface area contributed by atoms with Gasteiger partial charge in [-0.15, -0.1) is 0 Å². The molecule has 0 fully saturated rings. The third kappa shape index (κ3) is 2.53. The van der Waals surface area contributed by atoms with E-state index in [1.807, 2.05) is 6.07 Å². The number of nitriles is 2. The molecule has 1 aromatic carbocycles. The molecule has 0 bridgehead atoms. The molecular formula is C13H9FN4O. The third-order valence-electron chi connectivity index (χ3n) is 2.55. The predicted molar refractivity (Wildman–Crippen MR) is 63.7 cm³/mol. The summed E-state index contributed by atoms with van der Waals surface area (Å²) in [5.74, 6) is -0.449. The van der Waals surface area contributed by atoms with Crippen LogP contribution in [0, 0.1) is 28.5 Å². The van der Waals surface area contributed by atoms with Crippen molar-refractivity contribution in [2.75, 3.05) is 7.11 Å². The van der Waals surface area contributed by atoms with Crippen molar-refractivity contribution in [1.82, 2.24) is 9.78 Å². The lowest BCUT2D eigenvalue weighted by Gasteiger charge is -2.07.